The van der Waals surface area contributed by atoms with Crippen LogP contribution in [0.1, 0.15) is 45.8 Å². The van der Waals surface area contributed by atoms with Gasteiger partial charge in [0.25, 0.3) is 0 Å². The smallest absolute Gasteiger partial charge is 0.310 e. The molecular weight excluding hydrogens is 258 g/mol. The number of hydrogen-bond donors (Lipinski definition) is 1. The molecule has 5 nitrogen and oxygen atoms in total. The zero-order valence-corrected chi connectivity index (χ0v) is 12.4. The second kappa shape index (κ2) is 7.12. The summed E-state index contributed by atoms with van der Waals surface area (Å²) in [4.78, 5) is 25.4. The molecule has 0 unspecified atom stereocenters. The van der Waals surface area contributed by atoms with Crippen LogP contribution in [0.4, 0.5) is 0 Å². The standard InChI is InChI=1S/C15H23NO4/c1-4-15(5-2,14(18)19)10-13(17)16(6-3)11-12-8-7-9-20-12/h7-9H,4-6,10-11H2,1-3H3,(H,18,19). The van der Waals surface area contributed by atoms with Gasteiger partial charge in [0.05, 0.1) is 18.2 Å². The minimum absolute atomic E-state index is 0.0316. The Morgan fingerprint density at radius 2 is 1.95 bits per heavy atom. The molecule has 0 atom stereocenters. The van der Waals surface area contributed by atoms with Crippen molar-refractivity contribution in [3.8, 4) is 0 Å². The van der Waals surface area contributed by atoms with Crippen molar-refractivity contribution in [1.82, 2.24) is 4.90 Å². The monoisotopic (exact) mass is 281 g/mol. The molecule has 1 amide bonds. The highest BCUT2D eigenvalue weighted by atomic mass is 16.4. The highest BCUT2D eigenvalue weighted by molar-refractivity contribution is 5.85. The third-order valence-electron chi connectivity index (χ3n) is 3.96. The average molecular weight is 281 g/mol. The van der Waals surface area contributed by atoms with Crippen molar-refractivity contribution in [3.63, 3.8) is 0 Å². The highest BCUT2D eigenvalue weighted by Gasteiger charge is 2.38. The lowest BCUT2D eigenvalue weighted by atomic mass is 9.79. The lowest BCUT2D eigenvalue weighted by molar-refractivity contribution is -0.154. The molecule has 1 rings (SSSR count). The van der Waals surface area contributed by atoms with Crippen LogP contribution in [0.15, 0.2) is 22.8 Å². The van der Waals surface area contributed by atoms with Crippen molar-refractivity contribution in [3.05, 3.63) is 24.2 Å². The summed E-state index contributed by atoms with van der Waals surface area (Å²) in [5, 5.41) is 9.39. The van der Waals surface area contributed by atoms with E-state index in [-0.39, 0.29) is 12.3 Å². The number of carbonyl (C=O) groups excluding carboxylic acids is 1. The number of carbonyl (C=O) groups is 2. The van der Waals surface area contributed by atoms with E-state index >= 15 is 0 Å². The van der Waals surface area contributed by atoms with Gasteiger partial charge in [-0.05, 0) is 31.9 Å². The first-order valence-corrected chi connectivity index (χ1v) is 7.02. The Morgan fingerprint density at radius 1 is 1.30 bits per heavy atom. The van der Waals surface area contributed by atoms with Crippen LogP contribution in [-0.2, 0) is 16.1 Å². The molecule has 0 aliphatic rings. The van der Waals surface area contributed by atoms with Gasteiger partial charge in [0.2, 0.25) is 5.91 Å². The SMILES string of the molecule is CCN(Cc1ccco1)C(=O)CC(CC)(CC)C(=O)O. The molecule has 1 N–H and O–H groups in total. The summed E-state index contributed by atoms with van der Waals surface area (Å²) in [5.41, 5.74) is -0.965. The Bertz CT molecular complexity index is 435. The minimum Gasteiger partial charge on any atom is -0.481 e. The summed E-state index contributed by atoms with van der Waals surface area (Å²) in [6, 6.07) is 3.58. The second-order valence-electron chi connectivity index (χ2n) is 4.96. The van der Waals surface area contributed by atoms with Gasteiger partial charge >= 0.3 is 5.97 Å². The third-order valence-corrected chi connectivity index (χ3v) is 3.96. The van der Waals surface area contributed by atoms with Gasteiger partial charge < -0.3 is 14.4 Å². The van der Waals surface area contributed by atoms with Crippen LogP contribution in [0.3, 0.4) is 0 Å². The highest BCUT2D eigenvalue weighted by Crippen LogP contribution is 2.32. The van der Waals surface area contributed by atoms with Crippen molar-refractivity contribution in [2.75, 3.05) is 6.54 Å². The van der Waals surface area contributed by atoms with Crippen molar-refractivity contribution in [1.29, 1.82) is 0 Å². The Balaban J connectivity index is 2.78. The molecule has 0 fully saturated rings. The summed E-state index contributed by atoms with van der Waals surface area (Å²) >= 11 is 0. The van der Waals surface area contributed by atoms with Gasteiger partial charge in [0.15, 0.2) is 0 Å². The first-order chi connectivity index (χ1) is 9.49. The molecule has 0 aromatic carbocycles. The molecule has 0 saturated heterocycles. The summed E-state index contributed by atoms with van der Waals surface area (Å²) in [5.74, 6) is -0.339. The quantitative estimate of drug-likeness (QED) is 0.795. The van der Waals surface area contributed by atoms with Gasteiger partial charge in [-0.2, -0.15) is 0 Å². The summed E-state index contributed by atoms with van der Waals surface area (Å²) in [6.45, 7) is 6.41. The van der Waals surface area contributed by atoms with Crippen molar-refractivity contribution < 1.29 is 19.1 Å². The zero-order chi connectivity index (χ0) is 15.2. The van der Waals surface area contributed by atoms with Gasteiger partial charge in [-0.15, -0.1) is 0 Å². The number of carboxylic acids is 1. The van der Waals surface area contributed by atoms with E-state index in [1.54, 1.807) is 23.3 Å². The van der Waals surface area contributed by atoms with Crippen molar-refractivity contribution in [2.24, 2.45) is 5.41 Å². The molecule has 1 aromatic rings. The molecule has 0 aliphatic carbocycles. The predicted octanol–water partition coefficient (Wildman–Crippen LogP) is 2.91. The van der Waals surface area contributed by atoms with E-state index in [1.807, 2.05) is 20.8 Å². The van der Waals surface area contributed by atoms with Crippen LogP contribution < -0.4 is 0 Å². The number of furan rings is 1. The summed E-state index contributed by atoms with van der Waals surface area (Å²) in [6.07, 6.45) is 2.49. The van der Waals surface area contributed by atoms with Crippen LogP contribution in [0.25, 0.3) is 0 Å². The number of carboxylic acid groups (broad SMARTS) is 1. The average Bonchev–Trinajstić information content (AvgIpc) is 2.94. The second-order valence-corrected chi connectivity index (χ2v) is 4.96. The normalized spacial score (nSPS) is 11.3. The van der Waals surface area contributed by atoms with Crippen LogP contribution in [-0.4, -0.2) is 28.4 Å². The molecule has 0 spiro atoms. The van der Waals surface area contributed by atoms with Gasteiger partial charge in [-0.25, -0.2) is 0 Å². The van der Waals surface area contributed by atoms with Gasteiger partial charge in [-0.1, -0.05) is 13.8 Å². The van der Waals surface area contributed by atoms with Crippen LogP contribution in [0, 0.1) is 5.41 Å². The topological polar surface area (TPSA) is 70.8 Å². The Hall–Kier alpha value is -1.78. The molecule has 0 radical (unpaired) electrons. The molecule has 0 saturated carbocycles. The number of hydrogen-bond acceptors (Lipinski definition) is 3. The Labute approximate surface area is 119 Å². The largest absolute Gasteiger partial charge is 0.481 e. The first-order valence-electron chi connectivity index (χ1n) is 7.02. The van der Waals surface area contributed by atoms with Crippen LogP contribution in [0.2, 0.25) is 0 Å². The van der Waals surface area contributed by atoms with E-state index in [0.717, 1.165) is 0 Å². The van der Waals surface area contributed by atoms with E-state index in [9.17, 15) is 14.7 Å². The van der Waals surface area contributed by atoms with E-state index in [1.165, 1.54) is 0 Å². The molecule has 20 heavy (non-hydrogen) atoms. The number of rotatable bonds is 8. The molecular formula is C15H23NO4. The summed E-state index contributed by atoms with van der Waals surface area (Å²) < 4.78 is 5.24. The lowest BCUT2D eigenvalue weighted by Crippen LogP contribution is -2.39. The molecule has 0 bridgehead atoms. The number of aliphatic carboxylic acids is 1. The Morgan fingerprint density at radius 3 is 2.35 bits per heavy atom. The molecule has 1 aromatic heterocycles. The molecule has 0 aliphatic heterocycles. The van der Waals surface area contributed by atoms with E-state index < -0.39 is 11.4 Å². The predicted molar refractivity (Wildman–Crippen MR) is 75.1 cm³/mol. The van der Waals surface area contributed by atoms with Crippen LogP contribution >= 0.6 is 0 Å². The van der Waals surface area contributed by atoms with E-state index in [0.29, 0.717) is 31.7 Å². The molecule has 1 heterocycles. The van der Waals surface area contributed by atoms with Gasteiger partial charge in [0, 0.05) is 13.0 Å². The maximum atomic E-state index is 12.4. The Kier molecular flexibility index (Phi) is 5.80. The number of nitrogens with zero attached hydrogens (tertiary/aromatic N) is 1. The maximum Gasteiger partial charge on any atom is 0.310 e. The third kappa shape index (κ3) is 3.62. The molecule has 112 valence electrons. The van der Waals surface area contributed by atoms with E-state index in [4.69, 9.17) is 4.42 Å². The first kappa shape index (κ1) is 16.3. The molecule has 5 heteroatoms. The maximum absolute atomic E-state index is 12.4. The van der Waals surface area contributed by atoms with E-state index in [2.05, 4.69) is 0 Å². The fraction of sp³-hybridized carbons (Fsp3) is 0.600. The zero-order valence-electron chi connectivity index (χ0n) is 12.4. The fourth-order valence-electron chi connectivity index (χ4n) is 2.25. The van der Waals surface area contributed by atoms with Crippen molar-refractivity contribution in [2.45, 2.75) is 46.6 Å². The summed E-state index contributed by atoms with van der Waals surface area (Å²) in [7, 11) is 0. The van der Waals surface area contributed by atoms with Gasteiger partial charge in [0.1, 0.15) is 5.76 Å². The van der Waals surface area contributed by atoms with Gasteiger partial charge in [-0.3, -0.25) is 9.59 Å². The van der Waals surface area contributed by atoms with Crippen molar-refractivity contribution >= 4 is 11.9 Å². The minimum atomic E-state index is -0.965. The number of amides is 1. The van der Waals surface area contributed by atoms with Crippen LogP contribution in [0.5, 0.6) is 0 Å². The lowest BCUT2D eigenvalue weighted by Gasteiger charge is -2.29. The fourth-order valence-corrected chi connectivity index (χ4v) is 2.25.